The van der Waals surface area contributed by atoms with Crippen LogP contribution in [-0.4, -0.2) is 11.8 Å². The van der Waals surface area contributed by atoms with E-state index >= 15 is 0 Å². The first kappa shape index (κ1) is 21.4. The number of carbonyl (C=O) groups is 2. The Morgan fingerprint density at radius 2 is 1.76 bits per heavy atom. The van der Waals surface area contributed by atoms with Gasteiger partial charge in [-0.2, -0.15) is 0 Å². The summed E-state index contributed by atoms with van der Waals surface area (Å²) in [5.41, 5.74) is 2.00. The highest BCUT2D eigenvalue weighted by atomic mass is 32.2. The first-order chi connectivity index (χ1) is 16.1. The number of nitrogens with zero attached hydrogens (tertiary/aromatic N) is 1. The molecule has 0 fully saturated rings. The van der Waals surface area contributed by atoms with Crippen molar-refractivity contribution in [1.29, 1.82) is 0 Å². The largest absolute Gasteiger partial charge is 0.347 e. The Bertz CT molecular complexity index is 1340. The van der Waals surface area contributed by atoms with Crippen molar-refractivity contribution in [3.8, 4) is 0 Å². The van der Waals surface area contributed by atoms with Crippen molar-refractivity contribution in [2.45, 2.75) is 22.9 Å². The number of anilines is 1. The summed E-state index contributed by atoms with van der Waals surface area (Å²) < 4.78 is 14.5. The van der Waals surface area contributed by atoms with Crippen LogP contribution in [0.25, 0.3) is 0 Å². The smallest absolute Gasteiger partial charge is 0.259 e. The first-order valence-electron chi connectivity index (χ1n) is 10.4. The van der Waals surface area contributed by atoms with E-state index in [1.165, 1.54) is 17.8 Å². The second kappa shape index (κ2) is 9.21. The molecule has 2 heterocycles. The average molecular weight is 475 g/mol. The number of fused-ring (bicyclic) bond motifs is 2. The van der Waals surface area contributed by atoms with Gasteiger partial charge in [-0.25, -0.2) is 4.39 Å². The lowest BCUT2D eigenvalue weighted by Crippen LogP contribution is -2.31. The molecule has 164 valence electrons. The Morgan fingerprint density at radius 1 is 0.939 bits per heavy atom. The van der Waals surface area contributed by atoms with Crippen molar-refractivity contribution in [1.82, 2.24) is 5.32 Å². The topological polar surface area (TPSA) is 49.4 Å². The zero-order valence-electron chi connectivity index (χ0n) is 17.5. The summed E-state index contributed by atoms with van der Waals surface area (Å²) in [6, 6.07) is 23.0. The zero-order chi connectivity index (χ0) is 22.8. The molecule has 0 saturated carbocycles. The third-order valence-corrected chi connectivity index (χ3v) is 7.40. The van der Waals surface area contributed by atoms with Crippen LogP contribution in [0.5, 0.6) is 0 Å². The number of amides is 2. The van der Waals surface area contributed by atoms with Crippen LogP contribution in [0, 0.1) is 5.82 Å². The van der Waals surface area contributed by atoms with E-state index in [-0.39, 0.29) is 24.2 Å². The van der Waals surface area contributed by atoms with Crippen LogP contribution >= 0.6 is 23.1 Å². The second-order valence-corrected chi connectivity index (χ2v) is 9.64. The van der Waals surface area contributed by atoms with E-state index in [0.29, 0.717) is 28.9 Å². The average Bonchev–Trinajstić information content (AvgIpc) is 3.32. The van der Waals surface area contributed by atoms with Crippen LogP contribution in [0.3, 0.4) is 0 Å². The van der Waals surface area contributed by atoms with Crippen LogP contribution in [0.15, 0.2) is 94.0 Å². The molecule has 0 aliphatic carbocycles. The molecule has 1 aromatic heterocycles. The maximum Gasteiger partial charge on any atom is 0.259 e. The van der Waals surface area contributed by atoms with E-state index in [9.17, 15) is 14.0 Å². The molecule has 1 aliphatic rings. The number of carbonyl (C=O) groups excluding carboxylic acids is 2. The predicted octanol–water partition coefficient (Wildman–Crippen LogP) is 6.13. The number of benzene rings is 3. The number of halogens is 1. The number of thiophene rings is 1. The molecule has 33 heavy (non-hydrogen) atoms. The molecule has 5 rings (SSSR count). The Balaban J connectivity index is 1.53. The molecule has 4 nitrogen and oxygen atoms in total. The van der Waals surface area contributed by atoms with Gasteiger partial charge in [0.2, 0.25) is 0 Å². The van der Waals surface area contributed by atoms with Crippen LogP contribution < -0.4 is 10.2 Å². The Labute approximate surface area is 199 Å². The van der Waals surface area contributed by atoms with Crippen LogP contribution in [0.4, 0.5) is 10.1 Å². The van der Waals surface area contributed by atoms with E-state index in [0.717, 1.165) is 14.7 Å². The Morgan fingerprint density at radius 3 is 2.58 bits per heavy atom. The van der Waals surface area contributed by atoms with Gasteiger partial charge in [-0.3, -0.25) is 9.59 Å². The summed E-state index contributed by atoms with van der Waals surface area (Å²) >= 11 is 3.05. The summed E-state index contributed by atoms with van der Waals surface area (Å²) in [6.45, 7) is 0.499. The van der Waals surface area contributed by atoms with Crippen molar-refractivity contribution in [3.63, 3.8) is 0 Å². The highest BCUT2D eigenvalue weighted by Gasteiger charge is 2.28. The van der Waals surface area contributed by atoms with Crippen molar-refractivity contribution < 1.29 is 14.0 Å². The summed E-state index contributed by atoms with van der Waals surface area (Å²) in [6.07, 6.45) is 0. The van der Waals surface area contributed by atoms with Gasteiger partial charge in [-0.1, -0.05) is 48.2 Å². The first-order valence-corrected chi connectivity index (χ1v) is 12.1. The molecule has 1 aliphatic heterocycles. The third kappa shape index (κ3) is 4.42. The van der Waals surface area contributed by atoms with Gasteiger partial charge in [0.25, 0.3) is 11.8 Å². The number of rotatable bonds is 5. The molecule has 3 aromatic carbocycles. The van der Waals surface area contributed by atoms with E-state index in [2.05, 4.69) is 5.32 Å². The van der Waals surface area contributed by atoms with Crippen molar-refractivity contribution in [3.05, 3.63) is 112 Å². The van der Waals surface area contributed by atoms with Gasteiger partial charge in [0.15, 0.2) is 0 Å². The lowest BCUT2D eigenvalue weighted by molar-refractivity contribution is 0.0947. The molecule has 1 N–H and O–H groups in total. The molecule has 2 amide bonds. The van der Waals surface area contributed by atoms with Crippen molar-refractivity contribution in [2.75, 3.05) is 4.90 Å². The quantitative estimate of drug-likeness (QED) is 0.379. The highest BCUT2D eigenvalue weighted by Crippen LogP contribution is 2.42. The number of hydrogen-bond donors (Lipinski definition) is 1. The fourth-order valence-electron chi connectivity index (χ4n) is 3.70. The Kier molecular flexibility index (Phi) is 5.98. The molecule has 0 atom stereocenters. The summed E-state index contributed by atoms with van der Waals surface area (Å²) in [4.78, 5) is 30.7. The van der Waals surface area contributed by atoms with E-state index in [1.807, 2.05) is 41.8 Å². The van der Waals surface area contributed by atoms with E-state index in [1.54, 1.807) is 52.6 Å². The van der Waals surface area contributed by atoms with Gasteiger partial charge in [0, 0.05) is 25.8 Å². The minimum atomic E-state index is -0.373. The number of nitrogens with one attached hydrogen (secondary N) is 1. The van der Waals surface area contributed by atoms with Gasteiger partial charge in [0.1, 0.15) is 5.82 Å². The van der Waals surface area contributed by atoms with Crippen LogP contribution in [-0.2, 0) is 13.1 Å². The molecule has 0 spiro atoms. The highest BCUT2D eigenvalue weighted by molar-refractivity contribution is 7.99. The summed E-state index contributed by atoms with van der Waals surface area (Å²) in [5, 5.41) is 4.89. The lowest BCUT2D eigenvalue weighted by atomic mass is 10.1. The Hall–Kier alpha value is -3.42. The number of hydrogen-bond acceptors (Lipinski definition) is 4. The molecular formula is C26H19FN2O2S2. The van der Waals surface area contributed by atoms with Crippen molar-refractivity contribution in [2.24, 2.45) is 0 Å². The summed E-state index contributed by atoms with van der Waals surface area (Å²) in [5.74, 6) is -0.825. The second-order valence-electron chi connectivity index (χ2n) is 7.53. The third-order valence-electron chi connectivity index (χ3n) is 5.38. The zero-order valence-corrected chi connectivity index (χ0v) is 19.1. The van der Waals surface area contributed by atoms with Crippen LogP contribution in [0.2, 0.25) is 0 Å². The normalized spacial score (nSPS) is 12.6. The van der Waals surface area contributed by atoms with Gasteiger partial charge >= 0.3 is 0 Å². The van der Waals surface area contributed by atoms with Gasteiger partial charge < -0.3 is 10.2 Å². The molecular weight excluding hydrogens is 455 g/mol. The SMILES string of the molecule is O=C(NCc1cccs1)c1ccc2c(c1)N(Cc1ccccc1F)C(=O)c1ccccc1S2. The molecule has 0 unspecified atom stereocenters. The molecule has 7 heteroatoms. The van der Waals surface area contributed by atoms with Crippen LogP contribution in [0.1, 0.15) is 31.2 Å². The molecule has 0 bridgehead atoms. The molecule has 0 radical (unpaired) electrons. The van der Waals surface area contributed by atoms with Gasteiger partial charge in [-0.05, 0) is 47.8 Å². The van der Waals surface area contributed by atoms with Crippen molar-refractivity contribution >= 4 is 40.6 Å². The molecule has 0 saturated heterocycles. The fraction of sp³-hybridized carbons (Fsp3) is 0.0769. The summed E-state index contributed by atoms with van der Waals surface area (Å²) in [7, 11) is 0. The lowest BCUT2D eigenvalue weighted by Gasteiger charge is -2.24. The minimum absolute atomic E-state index is 0.0632. The molecule has 4 aromatic rings. The fourth-order valence-corrected chi connectivity index (χ4v) is 5.40. The standard InChI is InChI=1S/C26H19FN2O2S2/c27-21-9-3-1-6-18(21)16-29-22-14-17(25(30)28-15-19-7-5-13-32-19)11-12-24(22)33-23-10-4-2-8-20(23)26(29)31/h1-14H,15-16H2,(H,28,30). The maximum atomic E-state index is 14.5. The minimum Gasteiger partial charge on any atom is -0.347 e. The van der Waals surface area contributed by atoms with E-state index < -0.39 is 0 Å². The maximum absolute atomic E-state index is 14.5. The van der Waals surface area contributed by atoms with Gasteiger partial charge in [-0.15, -0.1) is 11.3 Å². The van der Waals surface area contributed by atoms with E-state index in [4.69, 9.17) is 0 Å². The monoisotopic (exact) mass is 474 g/mol. The predicted molar refractivity (Wildman–Crippen MR) is 129 cm³/mol. The van der Waals surface area contributed by atoms with Gasteiger partial charge in [0.05, 0.1) is 24.3 Å².